The minimum absolute atomic E-state index is 0.131. The average Bonchev–Trinajstić information content (AvgIpc) is 2.53. The van der Waals surface area contributed by atoms with Crippen molar-refractivity contribution in [3.8, 4) is 11.5 Å². The van der Waals surface area contributed by atoms with Crippen LogP contribution in [0.3, 0.4) is 0 Å². The normalized spacial score (nSPS) is 14.0. The van der Waals surface area contributed by atoms with Gasteiger partial charge in [0.05, 0.1) is 11.1 Å². The molecule has 2 aromatic rings. The fourth-order valence-corrected chi connectivity index (χ4v) is 2.61. The van der Waals surface area contributed by atoms with Crippen molar-refractivity contribution in [2.24, 2.45) is 0 Å². The fraction of sp³-hybridized carbons (Fsp3) is 0.0588. The summed E-state index contributed by atoms with van der Waals surface area (Å²) in [6.45, 7) is 1.92. The largest absolute Gasteiger partial charge is 0.507 e. The fourth-order valence-electron chi connectivity index (χ4n) is 2.38. The van der Waals surface area contributed by atoms with Crippen LogP contribution in [0.15, 0.2) is 47.1 Å². The van der Waals surface area contributed by atoms with E-state index in [1.165, 1.54) is 0 Å². The third kappa shape index (κ3) is 2.45. The van der Waals surface area contributed by atoms with Crippen LogP contribution in [0.4, 0.5) is 5.69 Å². The number of Topliss-reactive ketones (excluding diaryl/α,β-unsaturated/α-hetero) is 2. The molecular weight excluding hydrogens is 318 g/mol. The van der Waals surface area contributed by atoms with Gasteiger partial charge in [-0.1, -0.05) is 29.3 Å². The standard InChI is InChI=1S/C17H12ClNO4/c1-8-2-4-9(5-3-8)19-15-14(18)16(22)12-10(20)6-7-11(21)13(12)17(15)23/h2-7,19-21H,1H3. The summed E-state index contributed by atoms with van der Waals surface area (Å²) in [5.41, 5.74) is 0.944. The predicted molar refractivity (Wildman–Crippen MR) is 86.1 cm³/mol. The predicted octanol–water partition coefficient (Wildman–Crippen LogP) is 3.35. The zero-order chi connectivity index (χ0) is 16.7. The van der Waals surface area contributed by atoms with E-state index in [-0.39, 0.29) is 27.6 Å². The highest BCUT2D eigenvalue weighted by atomic mass is 35.5. The molecule has 1 aliphatic rings. The number of phenolic OH excluding ortho intramolecular Hbond substituents is 2. The van der Waals surface area contributed by atoms with Gasteiger partial charge in [0.25, 0.3) is 0 Å². The number of carbonyl (C=O) groups excluding carboxylic acids is 2. The molecule has 116 valence electrons. The first kappa shape index (κ1) is 15.1. The van der Waals surface area contributed by atoms with Gasteiger partial charge in [-0.3, -0.25) is 9.59 Å². The Labute approximate surface area is 136 Å². The van der Waals surface area contributed by atoms with Crippen LogP contribution in [-0.2, 0) is 0 Å². The van der Waals surface area contributed by atoms with E-state index in [2.05, 4.69) is 5.32 Å². The maximum absolute atomic E-state index is 12.6. The van der Waals surface area contributed by atoms with Crippen molar-refractivity contribution in [2.45, 2.75) is 6.92 Å². The minimum Gasteiger partial charge on any atom is -0.507 e. The molecular formula is C17H12ClNO4. The van der Waals surface area contributed by atoms with Gasteiger partial charge in [0.2, 0.25) is 11.6 Å². The molecule has 0 aliphatic heterocycles. The van der Waals surface area contributed by atoms with Gasteiger partial charge in [0.15, 0.2) is 0 Å². The highest BCUT2D eigenvalue weighted by Crippen LogP contribution is 2.38. The van der Waals surface area contributed by atoms with Crippen LogP contribution in [0, 0.1) is 6.92 Å². The summed E-state index contributed by atoms with van der Waals surface area (Å²) < 4.78 is 0. The van der Waals surface area contributed by atoms with E-state index < -0.39 is 17.3 Å². The van der Waals surface area contributed by atoms with Crippen LogP contribution in [-0.4, -0.2) is 21.8 Å². The number of anilines is 1. The number of rotatable bonds is 2. The molecule has 0 atom stereocenters. The molecule has 23 heavy (non-hydrogen) atoms. The van der Waals surface area contributed by atoms with Gasteiger partial charge < -0.3 is 15.5 Å². The summed E-state index contributed by atoms with van der Waals surface area (Å²) in [5.74, 6) is -2.16. The van der Waals surface area contributed by atoms with E-state index in [4.69, 9.17) is 11.6 Å². The number of aromatic hydroxyl groups is 2. The van der Waals surface area contributed by atoms with Gasteiger partial charge >= 0.3 is 0 Å². The van der Waals surface area contributed by atoms with Crippen LogP contribution in [0.2, 0.25) is 0 Å². The maximum atomic E-state index is 12.6. The second-order valence-corrected chi connectivity index (χ2v) is 5.57. The van der Waals surface area contributed by atoms with Crippen LogP contribution in [0.25, 0.3) is 0 Å². The molecule has 0 bridgehead atoms. The monoisotopic (exact) mass is 329 g/mol. The summed E-state index contributed by atoms with van der Waals surface area (Å²) in [6.07, 6.45) is 0. The molecule has 1 aliphatic carbocycles. The molecule has 0 aromatic heterocycles. The number of fused-ring (bicyclic) bond motifs is 1. The SMILES string of the molecule is Cc1ccc(NC2=C(Cl)C(=O)c3c(O)ccc(O)c3C2=O)cc1. The molecule has 5 nitrogen and oxygen atoms in total. The Morgan fingerprint density at radius 2 is 1.39 bits per heavy atom. The Morgan fingerprint density at radius 1 is 0.870 bits per heavy atom. The van der Waals surface area contributed by atoms with Gasteiger partial charge in [0, 0.05) is 5.69 Å². The molecule has 0 saturated heterocycles. The molecule has 0 saturated carbocycles. The third-order valence-electron chi connectivity index (χ3n) is 3.58. The summed E-state index contributed by atoms with van der Waals surface area (Å²) in [6, 6.07) is 9.44. The Kier molecular flexibility index (Phi) is 3.58. The molecule has 0 heterocycles. The van der Waals surface area contributed by atoms with Crippen molar-refractivity contribution in [3.63, 3.8) is 0 Å². The number of hydrogen-bond donors (Lipinski definition) is 3. The average molecular weight is 330 g/mol. The first-order valence-corrected chi connectivity index (χ1v) is 7.15. The zero-order valence-corrected chi connectivity index (χ0v) is 12.8. The number of halogens is 1. The van der Waals surface area contributed by atoms with Crippen molar-refractivity contribution in [2.75, 3.05) is 5.32 Å². The molecule has 3 N–H and O–H groups in total. The number of hydrogen-bond acceptors (Lipinski definition) is 5. The van der Waals surface area contributed by atoms with Crippen LogP contribution in [0.5, 0.6) is 11.5 Å². The molecule has 0 amide bonds. The molecule has 2 aromatic carbocycles. The van der Waals surface area contributed by atoms with E-state index in [9.17, 15) is 19.8 Å². The number of phenols is 2. The van der Waals surface area contributed by atoms with Gasteiger partial charge in [-0.25, -0.2) is 0 Å². The molecule has 0 spiro atoms. The quantitative estimate of drug-likeness (QED) is 0.735. The van der Waals surface area contributed by atoms with Gasteiger partial charge in [-0.2, -0.15) is 0 Å². The van der Waals surface area contributed by atoms with E-state index >= 15 is 0 Å². The number of ketones is 2. The van der Waals surface area contributed by atoms with E-state index in [0.717, 1.165) is 17.7 Å². The third-order valence-corrected chi connectivity index (χ3v) is 3.94. The number of carbonyl (C=O) groups is 2. The van der Waals surface area contributed by atoms with Crippen LogP contribution in [0.1, 0.15) is 26.3 Å². The smallest absolute Gasteiger partial charge is 0.215 e. The van der Waals surface area contributed by atoms with E-state index in [1.807, 2.05) is 19.1 Å². The van der Waals surface area contributed by atoms with Crippen molar-refractivity contribution in [3.05, 3.63) is 63.8 Å². The number of aryl methyl sites for hydroxylation is 1. The summed E-state index contributed by atoms with van der Waals surface area (Å²) >= 11 is 6.02. The highest BCUT2D eigenvalue weighted by Gasteiger charge is 2.36. The number of benzene rings is 2. The summed E-state index contributed by atoms with van der Waals surface area (Å²) in [7, 11) is 0. The van der Waals surface area contributed by atoms with E-state index in [1.54, 1.807) is 12.1 Å². The minimum atomic E-state index is -0.718. The second-order valence-electron chi connectivity index (χ2n) is 5.19. The van der Waals surface area contributed by atoms with Crippen molar-refractivity contribution >= 4 is 28.9 Å². The molecule has 0 radical (unpaired) electrons. The number of allylic oxidation sites excluding steroid dienone is 2. The number of nitrogens with one attached hydrogen (secondary N) is 1. The second kappa shape index (κ2) is 5.44. The Hall–Kier alpha value is -2.79. The van der Waals surface area contributed by atoms with E-state index in [0.29, 0.717) is 5.69 Å². The molecule has 0 fully saturated rings. The lowest BCUT2D eigenvalue weighted by Crippen LogP contribution is -2.24. The van der Waals surface area contributed by atoms with Crippen molar-refractivity contribution < 1.29 is 19.8 Å². The Morgan fingerprint density at radius 3 is 1.96 bits per heavy atom. The Balaban J connectivity index is 2.10. The van der Waals surface area contributed by atoms with Gasteiger partial charge in [0.1, 0.15) is 22.2 Å². The summed E-state index contributed by atoms with van der Waals surface area (Å²) in [5, 5.41) is 22.2. The first-order chi connectivity index (χ1) is 10.9. The molecule has 3 rings (SSSR count). The highest BCUT2D eigenvalue weighted by molar-refractivity contribution is 6.50. The lowest BCUT2D eigenvalue weighted by atomic mass is 9.90. The first-order valence-electron chi connectivity index (χ1n) is 6.78. The Bertz CT molecular complexity index is 869. The lowest BCUT2D eigenvalue weighted by molar-refractivity contribution is 0.0977. The zero-order valence-electron chi connectivity index (χ0n) is 12.1. The van der Waals surface area contributed by atoms with Crippen molar-refractivity contribution in [1.29, 1.82) is 0 Å². The van der Waals surface area contributed by atoms with Crippen molar-refractivity contribution in [1.82, 2.24) is 0 Å². The van der Waals surface area contributed by atoms with Gasteiger partial charge in [-0.15, -0.1) is 0 Å². The van der Waals surface area contributed by atoms with Crippen LogP contribution >= 0.6 is 11.6 Å². The molecule has 6 heteroatoms. The maximum Gasteiger partial charge on any atom is 0.215 e. The molecule has 0 unspecified atom stereocenters. The van der Waals surface area contributed by atoms with Gasteiger partial charge in [-0.05, 0) is 31.2 Å². The topological polar surface area (TPSA) is 86.6 Å². The van der Waals surface area contributed by atoms with Crippen LogP contribution < -0.4 is 5.32 Å². The summed E-state index contributed by atoms with van der Waals surface area (Å²) in [4.78, 5) is 24.9. The lowest BCUT2D eigenvalue weighted by Gasteiger charge is -2.20.